The van der Waals surface area contributed by atoms with Crippen molar-refractivity contribution in [3.8, 4) is 0 Å². The first-order chi connectivity index (χ1) is 8.14. The Balaban J connectivity index is 1.96. The molecule has 2 aromatic rings. The standard InChI is InChI=1S/C13H14BNO2/c1-13(2)9-16-14(17-13)11-5-6-12-10(8-11)4-3-7-15-12/h3-8H,9H2,1-2H3. The Hall–Kier alpha value is -1.39. The van der Waals surface area contributed by atoms with Crippen LogP contribution in [0.4, 0.5) is 0 Å². The molecule has 0 aliphatic carbocycles. The van der Waals surface area contributed by atoms with E-state index < -0.39 is 0 Å². The molecule has 1 aromatic heterocycles. The fraction of sp³-hybridized carbons (Fsp3) is 0.308. The van der Waals surface area contributed by atoms with Crippen molar-refractivity contribution in [2.24, 2.45) is 0 Å². The molecule has 0 atom stereocenters. The smallest absolute Gasteiger partial charge is 0.404 e. The van der Waals surface area contributed by atoms with Gasteiger partial charge in [0.15, 0.2) is 0 Å². The second-order valence-electron chi connectivity index (χ2n) is 4.98. The topological polar surface area (TPSA) is 31.4 Å². The van der Waals surface area contributed by atoms with E-state index in [0.717, 1.165) is 16.4 Å². The molecule has 0 bridgehead atoms. The first-order valence-electron chi connectivity index (χ1n) is 5.78. The van der Waals surface area contributed by atoms with Crippen molar-refractivity contribution in [2.75, 3.05) is 6.61 Å². The van der Waals surface area contributed by atoms with Gasteiger partial charge in [0, 0.05) is 6.20 Å². The van der Waals surface area contributed by atoms with Gasteiger partial charge in [0.05, 0.1) is 17.7 Å². The Morgan fingerprint density at radius 1 is 1.29 bits per heavy atom. The van der Waals surface area contributed by atoms with Crippen molar-refractivity contribution in [2.45, 2.75) is 19.4 Å². The van der Waals surface area contributed by atoms with E-state index in [4.69, 9.17) is 9.31 Å². The molecule has 0 N–H and O–H groups in total. The Labute approximate surface area is 101 Å². The summed E-state index contributed by atoms with van der Waals surface area (Å²) in [6.07, 6.45) is 1.80. The predicted octanol–water partition coefficient (Wildman–Crippen LogP) is 1.76. The third kappa shape index (κ3) is 2.06. The summed E-state index contributed by atoms with van der Waals surface area (Å²) in [5, 5.41) is 1.11. The van der Waals surface area contributed by atoms with Gasteiger partial charge < -0.3 is 9.31 Å². The lowest BCUT2D eigenvalue weighted by Gasteiger charge is -2.15. The van der Waals surface area contributed by atoms with Gasteiger partial charge in [0.1, 0.15) is 0 Å². The number of pyridine rings is 1. The van der Waals surface area contributed by atoms with Crippen LogP contribution < -0.4 is 5.46 Å². The zero-order valence-electron chi connectivity index (χ0n) is 10.0. The predicted molar refractivity (Wildman–Crippen MR) is 68.2 cm³/mol. The molecule has 3 rings (SSSR count). The van der Waals surface area contributed by atoms with E-state index in [2.05, 4.69) is 11.1 Å². The van der Waals surface area contributed by atoms with Crippen LogP contribution in [0, 0.1) is 0 Å². The first kappa shape index (κ1) is 10.7. The van der Waals surface area contributed by atoms with Gasteiger partial charge in [-0.05, 0) is 36.8 Å². The number of fused-ring (bicyclic) bond motifs is 1. The minimum Gasteiger partial charge on any atom is -0.404 e. The van der Waals surface area contributed by atoms with Crippen LogP contribution in [-0.4, -0.2) is 24.3 Å². The molecule has 0 radical (unpaired) electrons. The second-order valence-corrected chi connectivity index (χ2v) is 4.98. The molecule has 0 unspecified atom stereocenters. The van der Waals surface area contributed by atoms with Crippen molar-refractivity contribution in [1.29, 1.82) is 0 Å². The summed E-state index contributed by atoms with van der Waals surface area (Å²) < 4.78 is 11.5. The van der Waals surface area contributed by atoms with Crippen LogP contribution in [0.3, 0.4) is 0 Å². The number of nitrogens with zero attached hydrogens (tertiary/aromatic N) is 1. The van der Waals surface area contributed by atoms with Gasteiger partial charge in [0.25, 0.3) is 0 Å². The van der Waals surface area contributed by atoms with Gasteiger partial charge in [-0.1, -0.05) is 18.2 Å². The lowest BCUT2D eigenvalue weighted by Crippen LogP contribution is -2.34. The first-order valence-corrected chi connectivity index (χ1v) is 5.78. The maximum absolute atomic E-state index is 5.84. The van der Waals surface area contributed by atoms with Crippen molar-refractivity contribution < 1.29 is 9.31 Å². The van der Waals surface area contributed by atoms with Gasteiger partial charge in [-0.25, -0.2) is 0 Å². The summed E-state index contributed by atoms with van der Waals surface area (Å²) in [6.45, 7) is 4.70. The van der Waals surface area contributed by atoms with Crippen LogP contribution in [0.1, 0.15) is 13.8 Å². The average molecular weight is 227 g/mol. The monoisotopic (exact) mass is 227 g/mol. The van der Waals surface area contributed by atoms with E-state index >= 15 is 0 Å². The van der Waals surface area contributed by atoms with E-state index in [0.29, 0.717) is 6.61 Å². The van der Waals surface area contributed by atoms with E-state index in [1.54, 1.807) is 6.20 Å². The van der Waals surface area contributed by atoms with E-state index in [1.807, 2.05) is 38.1 Å². The average Bonchev–Trinajstić information content (AvgIpc) is 2.69. The molecular weight excluding hydrogens is 213 g/mol. The summed E-state index contributed by atoms with van der Waals surface area (Å²) >= 11 is 0. The Morgan fingerprint density at radius 3 is 2.94 bits per heavy atom. The summed E-state index contributed by atoms with van der Waals surface area (Å²) in [4.78, 5) is 4.30. The van der Waals surface area contributed by atoms with Gasteiger partial charge in [-0.2, -0.15) is 0 Å². The van der Waals surface area contributed by atoms with Crippen LogP contribution in [0.15, 0.2) is 36.5 Å². The third-order valence-corrected chi connectivity index (χ3v) is 2.91. The Morgan fingerprint density at radius 2 is 2.18 bits per heavy atom. The molecule has 1 fully saturated rings. The SMILES string of the molecule is CC1(C)COB(c2ccc3ncccc3c2)O1. The van der Waals surface area contributed by atoms with E-state index in [-0.39, 0.29) is 12.7 Å². The Bertz CT molecular complexity index is 556. The largest absolute Gasteiger partial charge is 0.494 e. The molecule has 4 heteroatoms. The highest BCUT2D eigenvalue weighted by atomic mass is 16.7. The van der Waals surface area contributed by atoms with Gasteiger partial charge in [-0.3, -0.25) is 4.98 Å². The Kier molecular flexibility index (Phi) is 2.42. The highest BCUT2D eigenvalue weighted by Crippen LogP contribution is 2.20. The molecule has 0 amide bonds. The number of hydrogen-bond acceptors (Lipinski definition) is 3. The fourth-order valence-corrected chi connectivity index (χ4v) is 2.04. The zero-order chi connectivity index (χ0) is 11.9. The summed E-state index contributed by atoms with van der Waals surface area (Å²) in [5.41, 5.74) is 1.85. The molecule has 1 aromatic carbocycles. The van der Waals surface area contributed by atoms with Crippen LogP contribution in [0.5, 0.6) is 0 Å². The minimum atomic E-state index is -0.255. The van der Waals surface area contributed by atoms with Crippen molar-refractivity contribution in [3.05, 3.63) is 36.5 Å². The van der Waals surface area contributed by atoms with E-state index in [1.165, 1.54) is 0 Å². The molecular formula is C13H14BNO2. The van der Waals surface area contributed by atoms with Gasteiger partial charge >= 0.3 is 7.12 Å². The lowest BCUT2D eigenvalue weighted by atomic mass is 9.78. The van der Waals surface area contributed by atoms with Crippen molar-refractivity contribution in [1.82, 2.24) is 4.98 Å². The summed E-state index contributed by atoms with van der Waals surface area (Å²) in [6, 6.07) is 10.1. The molecule has 2 heterocycles. The van der Waals surface area contributed by atoms with Crippen molar-refractivity contribution >= 4 is 23.5 Å². The normalized spacial score (nSPS) is 18.8. The molecule has 86 valence electrons. The third-order valence-electron chi connectivity index (χ3n) is 2.91. The quantitative estimate of drug-likeness (QED) is 0.695. The number of hydrogen-bond donors (Lipinski definition) is 0. The fourth-order valence-electron chi connectivity index (χ4n) is 2.04. The number of rotatable bonds is 1. The molecule has 0 spiro atoms. The second kappa shape index (κ2) is 3.82. The van der Waals surface area contributed by atoms with Gasteiger partial charge in [0.2, 0.25) is 0 Å². The molecule has 1 aliphatic heterocycles. The molecule has 1 aliphatic rings. The van der Waals surface area contributed by atoms with Crippen LogP contribution in [-0.2, 0) is 9.31 Å². The maximum atomic E-state index is 5.84. The molecule has 17 heavy (non-hydrogen) atoms. The molecule has 0 saturated carbocycles. The van der Waals surface area contributed by atoms with Gasteiger partial charge in [-0.15, -0.1) is 0 Å². The molecule has 1 saturated heterocycles. The van der Waals surface area contributed by atoms with Crippen LogP contribution in [0.2, 0.25) is 0 Å². The number of aromatic nitrogens is 1. The maximum Gasteiger partial charge on any atom is 0.494 e. The van der Waals surface area contributed by atoms with Crippen molar-refractivity contribution in [3.63, 3.8) is 0 Å². The number of benzene rings is 1. The van der Waals surface area contributed by atoms with Crippen LogP contribution >= 0.6 is 0 Å². The van der Waals surface area contributed by atoms with E-state index in [9.17, 15) is 0 Å². The minimum absolute atomic E-state index is 0.200. The lowest BCUT2D eigenvalue weighted by molar-refractivity contribution is 0.137. The summed E-state index contributed by atoms with van der Waals surface area (Å²) in [7, 11) is -0.255. The summed E-state index contributed by atoms with van der Waals surface area (Å²) in [5.74, 6) is 0. The highest BCUT2D eigenvalue weighted by Gasteiger charge is 2.38. The van der Waals surface area contributed by atoms with Crippen LogP contribution in [0.25, 0.3) is 10.9 Å². The zero-order valence-corrected chi connectivity index (χ0v) is 10.0. The highest BCUT2D eigenvalue weighted by molar-refractivity contribution is 6.62. The molecule has 3 nitrogen and oxygen atoms in total.